The Labute approximate surface area is 262 Å². The molecule has 4 rings (SSSR count). The molecule has 268 valence electrons. The molecule has 4 aliphatic heterocycles. The van der Waals surface area contributed by atoms with Crippen LogP contribution in [0, 0.1) is 0 Å². The first-order valence-electron chi connectivity index (χ1n) is 14.7. The van der Waals surface area contributed by atoms with Crippen molar-refractivity contribution in [1.29, 1.82) is 0 Å². The second-order valence-electron chi connectivity index (χ2n) is 11.7. The molecular formula is C26H44O20. The summed E-state index contributed by atoms with van der Waals surface area (Å²) in [4.78, 5) is 12.2. The normalized spacial score (nSPS) is 51.9. The molecule has 8 unspecified atom stereocenters. The Morgan fingerprint density at radius 2 is 1.02 bits per heavy atom. The predicted molar refractivity (Wildman–Crippen MR) is 141 cm³/mol. The van der Waals surface area contributed by atoms with Gasteiger partial charge in [0.05, 0.1) is 25.4 Å². The third kappa shape index (κ3) is 7.34. The highest BCUT2D eigenvalue weighted by Gasteiger charge is 2.56. The topological polar surface area (TPSA) is 313 Å². The molecule has 20 heteroatoms. The zero-order valence-corrected chi connectivity index (χ0v) is 25.1. The van der Waals surface area contributed by atoms with Crippen molar-refractivity contribution in [3.05, 3.63) is 0 Å². The molecule has 0 aromatic rings. The van der Waals surface area contributed by atoms with Gasteiger partial charge in [-0.05, 0) is 13.8 Å². The number of carbonyl (C=O) groups is 1. The van der Waals surface area contributed by atoms with Gasteiger partial charge in [0.15, 0.2) is 25.0 Å². The van der Waals surface area contributed by atoms with E-state index in [-0.39, 0.29) is 0 Å². The third-order valence-electron chi connectivity index (χ3n) is 8.64. The van der Waals surface area contributed by atoms with E-state index in [0.717, 1.165) is 7.11 Å². The van der Waals surface area contributed by atoms with Gasteiger partial charge < -0.3 is 94.1 Å². The number of carboxylic acids is 1. The minimum Gasteiger partial charge on any atom is -0.479 e. The number of carboxylic acid groups (broad SMARTS) is 1. The molecule has 0 bridgehead atoms. The number of ether oxygens (including phenoxy) is 8. The van der Waals surface area contributed by atoms with Gasteiger partial charge in [0.25, 0.3) is 0 Å². The van der Waals surface area contributed by atoms with Crippen LogP contribution in [0.4, 0.5) is 0 Å². The van der Waals surface area contributed by atoms with Crippen molar-refractivity contribution in [2.45, 2.75) is 136 Å². The fourth-order valence-corrected chi connectivity index (χ4v) is 5.98. The lowest BCUT2D eigenvalue weighted by molar-refractivity contribution is -0.381. The molecule has 20 nitrogen and oxygen atoms in total. The maximum absolute atomic E-state index is 12.2. The average Bonchev–Trinajstić information content (AvgIpc) is 3.02. The van der Waals surface area contributed by atoms with Crippen LogP contribution in [0.25, 0.3) is 0 Å². The fraction of sp³-hybridized carbons (Fsp3) is 0.962. The van der Waals surface area contributed by atoms with E-state index >= 15 is 0 Å². The molecular weight excluding hydrogens is 632 g/mol. The van der Waals surface area contributed by atoms with Crippen LogP contribution < -0.4 is 0 Å². The minimum absolute atomic E-state index is 0.736. The van der Waals surface area contributed by atoms with Crippen molar-refractivity contribution < 1.29 is 98.9 Å². The van der Waals surface area contributed by atoms with Gasteiger partial charge in [0, 0.05) is 7.11 Å². The lowest BCUT2D eigenvalue weighted by Crippen LogP contribution is -2.67. The third-order valence-corrected chi connectivity index (χ3v) is 8.64. The summed E-state index contributed by atoms with van der Waals surface area (Å²) in [5.41, 5.74) is 0. The van der Waals surface area contributed by atoms with E-state index in [2.05, 4.69) is 0 Å². The van der Waals surface area contributed by atoms with Crippen LogP contribution in [0.2, 0.25) is 0 Å². The molecule has 0 amide bonds. The first-order chi connectivity index (χ1) is 21.7. The first kappa shape index (κ1) is 37.6. The highest BCUT2D eigenvalue weighted by Crippen LogP contribution is 2.34. The van der Waals surface area contributed by atoms with E-state index in [1.807, 2.05) is 0 Å². The van der Waals surface area contributed by atoms with Crippen LogP contribution in [0.1, 0.15) is 13.8 Å². The summed E-state index contributed by atoms with van der Waals surface area (Å²) in [6.07, 6.45) is -32.4. The SMILES string of the molecule is CO[C@@H]1C(O)[C@H](O[C@@H]2C(C(=O)O)O[C@@H](O[C@@H]3C(CO)O[C@@H](O[C@H]4C(C)O[C@@H](C)[C@@H](O)C4O)C(O)[C@H]3O)C(O)[C@H]2O)OC(CO)[C@H]1O. The zero-order valence-electron chi connectivity index (χ0n) is 25.1. The van der Waals surface area contributed by atoms with Crippen LogP contribution in [-0.2, 0) is 42.7 Å². The van der Waals surface area contributed by atoms with Crippen molar-refractivity contribution in [3.8, 4) is 0 Å². The maximum atomic E-state index is 12.2. The maximum Gasteiger partial charge on any atom is 0.335 e. The fourth-order valence-electron chi connectivity index (χ4n) is 5.98. The van der Waals surface area contributed by atoms with Gasteiger partial charge in [-0.1, -0.05) is 0 Å². The van der Waals surface area contributed by atoms with E-state index in [4.69, 9.17) is 37.9 Å². The Morgan fingerprint density at radius 3 is 1.59 bits per heavy atom. The summed E-state index contributed by atoms with van der Waals surface area (Å²) in [5, 5.41) is 114. The van der Waals surface area contributed by atoms with E-state index < -0.39 is 142 Å². The zero-order chi connectivity index (χ0) is 34.2. The summed E-state index contributed by atoms with van der Waals surface area (Å²) in [6, 6.07) is 0. The van der Waals surface area contributed by atoms with Gasteiger partial charge in [-0.2, -0.15) is 0 Å². The Morgan fingerprint density at radius 1 is 0.543 bits per heavy atom. The number of aliphatic hydroxyl groups is 10. The highest BCUT2D eigenvalue weighted by atomic mass is 16.8. The molecule has 0 saturated carbocycles. The Balaban J connectivity index is 1.46. The molecule has 0 aromatic heterocycles. The summed E-state index contributed by atoms with van der Waals surface area (Å²) >= 11 is 0. The van der Waals surface area contributed by atoms with E-state index in [1.54, 1.807) is 0 Å². The number of aliphatic hydroxyl groups excluding tert-OH is 10. The molecule has 20 atom stereocenters. The smallest absolute Gasteiger partial charge is 0.335 e. The second kappa shape index (κ2) is 15.5. The van der Waals surface area contributed by atoms with Gasteiger partial charge in [-0.25, -0.2) is 4.79 Å². The van der Waals surface area contributed by atoms with Gasteiger partial charge >= 0.3 is 5.97 Å². The molecule has 11 N–H and O–H groups in total. The molecule has 46 heavy (non-hydrogen) atoms. The standard InChI is InChI=1S/C26H44O20/c1-6-10(29)12(31)18(7(2)40-6)43-24-15(34)13(32)19(9(5-28)42-24)44-25-16(35)14(33)21(22(46-25)23(37)38)45-26-17(36)20(39-3)11(30)8(4-27)41-26/h6-22,24-36H,4-5H2,1-3H3,(H,37,38)/t6-,7?,8?,9?,10+,11+,12?,13+,14+,15?,16?,17?,18-,19+,20-,21-,22?,24-,25+,26-/m0/s1. The Bertz CT molecular complexity index is 989. The lowest BCUT2D eigenvalue weighted by atomic mass is 9.95. The summed E-state index contributed by atoms with van der Waals surface area (Å²) in [7, 11) is 1.14. The van der Waals surface area contributed by atoms with Crippen LogP contribution in [-0.4, -0.2) is 205 Å². The minimum atomic E-state index is -2.12. The van der Waals surface area contributed by atoms with E-state index in [0.29, 0.717) is 0 Å². The number of rotatable bonds is 10. The van der Waals surface area contributed by atoms with Crippen LogP contribution in [0.5, 0.6) is 0 Å². The van der Waals surface area contributed by atoms with Gasteiger partial charge in [0.2, 0.25) is 0 Å². The predicted octanol–water partition coefficient (Wildman–Crippen LogP) is -6.90. The monoisotopic (exact) mass is 676 g/mol. The van der Waals surface area contributed by atoms with Crippen molar-refractivity contribution in [2.24, 2.45) is 0 Å². The van der Waals surface area contributed by atoms with Crippen molar-refractivity contribution >= 4 is 5.97 Å². The van der Waals surface area contributed by atoms with Crippen LogP contribution in [0.15, 0.2) is 0 Å². The molecule has 4 saturated heterocycles. The van der Waals surface area contributed by atoms with Crippen LogP contribution >= 0.6 is 0 Å². The van der Waals surface area contributed by atoms with Crippen molar-refractivity contribution in [1.82, 2.24) is 0 Å². The van der Waals surface area contributed by atoms with E-state index in [9.17, 15) is 61.0 Å². The molecule has 0 aliphatic carbocycles. The molecule has 0 radical (unpaired) electrons. The van der Waals surface area contributed by atoms with Gasteiger partial charge in [0.1, 0.15) is 85.5 Å². The van der Waals surface area contributed by atoms with E-state index in [1.165, 1.54) is 13.8 Å². The quantitative estimate of drug-likeness (QED) is 0.102. The molecule has 4 aliphatic rings. The molecule has 0 spiro atoms. The summed E-state index contributed by atoms with van der Waals surface area (Å²) in [5.74, 6) is -1.73. The molecule has 4 heterocycles. The Hall–Kier alpha value is -1.25. The number of hydrogen-bond donors (Lipinski definition) is 11. The second-order valence-corrected chi connectivity index (χ2v) is 11.7. The molecule has 0 aromatic carbocycles. The number of methoxy groups -OCH3 is 1. The number of hydrogen-bond acceptors (Lipinski definition) is 19. The molecule has 4 fully saturated rings. The lowest BCUT2D eigenvalue weighted by Gasteiger charge is -2.48. The first-order valence-corrected chi connectivity index (χ1v) is 14.7. The average molecular weight is 677 g/mol. The van der Waals surface area contributed by atoms with Crippen molar-refractivity contribution in [2.75, 3.05) is 20.3 Å². The largest absolute Gasteiger partial charge is 0.479 e. The van der Waals surface area contributed by atoms with Gasteiger partial charge in [-0.3, -0.25) is 0 Å². The Kier molecular flexibility index (Phi) is 12.7. The summed E-state index contributed by atoms with van der Waals surface area (Å²) < 4.78 is 43.5. The number of aliphatic carboxylic acids is 1. The van der Waals surface area contributed by atoms with Crippen molar-refractivity contribution in [3.63, 3.8) is 0 Å². The highest BCUT2D eigenvalue weighted by molar-refractivity contribution is 5.73. The summed E-state index contributed by atoms with van der Waals surface area (Å²) in [6.45, 7) is 1.44. The van der Waals surface area contributed by atoms with Gasteiger partial charge in [-0.15, -0.1) is 0 Å². The van der Waals surface area contributed by atoms with Crippen LogP contribution in [0.3, 0.4) is 0 Å².